The van der Waals surface area contributed by atoms with E-state index in [4.69, 9.17) is 10.5 Å². The number of aromatic nitrogens is 1. The quantitative estimate of drug-likeness (QED) is 0.0423. The summed E-state index contributed by atoms with van der Waals surface area (Å²) in [7, 11) is 0. The number of hydrogen-bond acceptors (Lipinski definition) is 12. The lowest BCUT2D eigenvalue weighted by atomic mass is 10.0. The number of aliphatic hydroxyl groups excluding tert-OH is 1. The molecule has 9 rings (SSSR count). The van der Waals surface area contributed by atoms with Gasteiger partial charge in [0, 0.05) is 43.7 Å². The second-order valence-electron chi connectivity index (χ2n) is 21.0. The van der Waals surface area contributed by atoms with Crippen LogP contribution in [0.15, 0.2) is 115 Å². The Bertz CT molecular complexity index is 3270. The van der Waals surface area contributed by atoms with Gasteiger partial charge in [-0.25, -0.2) is 4.98 Å². The Balaban J connectivity index is 0.826. The Morgan fingerprint density at radius 3 is 2.42 bits per heavy atom. The van der Waals surface area contributed by atoms with Crippen LogP contribution in [0.3, 0.4) is 0 Å². The van der Waals surface area contributed by atoms with Crippen LogP contribution < -0.4 is 31.7 Å². The smallest absolute Gasteiger partial charge is 0.255 e. The van der Waals surface area contributed by atoms with Crippen molar-refractivity contribution in [1.82, 2.24) is 35.6 Å². The number of para-hydroxylation sites is 1. The number of carbonyl (C=O) groups excluding carboxylic acids is 7. The Morgan fingerprint density at radius 1 is 0.863 bits per heavy atom. The van der Waals surface area contributed by atoms with Crippen molar-refractivity contribution in [3.63, 3.8) is 0 Å². The van der Waals surface area contributed by atoms with E-state index >= 15 is 0 Å². The number of thiazole rings is 1. The van der Waals surface area contributed by atoms with Gasteiger partial charge >= 0.3 is 0 Å². The van der Waals surface area contributed by atoms with Gasteiger partial charge in [-0.15, -0.1) is 11.3 Å². The van der Waals surface area contributed by atoms with E-state index < -0.39 is 59.8 Å². The van der Waals surface area contributed by atoms with E-state index in [1.807, 2.05) is 93.6 Å². The number of hydrogen-bond donors (Lipinski definition) is 6. The molecule has 2 saturated heterocycles. The van der Waals surface area contributed by atoms with Gasteiger partial charge in [-0.3, -0.25) is 33.6 Å². The van der Waals surface area contributed by atoms with Crippen LogP contribution in [-0.2, 0) is 43.5 Å². The van der Waals surface area contributed by atoms with E-state index in [0.717, 1.165) is 38.0 Å². The Morgan fingerprint density at radius 2 is 1.64 bits per heavy atom. The van der Waals surface area contributed by atoms with Gasteiger partial charge < -0.3 is 51.5 Å². The zero-order valence-corrected chi connectivity index (χ0v) is 46.1. The fourth-order valence-electron chi connectivity index (χ4n) is 11.1. The molecule has 2 fully saturated rings. The molecule has 0 saturated carbocycles. The number of nitrogens with two attached hydrogens (primary N) is 1. The van der Waals surface area contributed by atoms with Crippen LogP contribution in [0.2, 0.25) is 0 Å². The van der Waals surface area contributed by atoms with Crippen molar-refractivity contribution >= 4 is 69.1 Å². The van der Waals surface area contributed by atoms with Gasteiger partial charge in [0.2, 0.25) is 29.5 Å². The number of aryl methyl sites for hydroxylation is 1. The number of carbonyl (C=O) groups is 7. The average molecular weight is 1100 g/mol. The van der Waals surface area contributed by atoms with Crippen LogP contribution >= 0.6 is 11.3 Å². The molecule has 4 heterocycles. The van der Waals surface area contributed by atoms with Gasteiger partial charge in [0.15, 0.2) is 0 Å². The maximum absolute atomic E-state index is 14.4. The van der Waals surface area contributed by atoms with Gasteiger partial charge in [0.05, 0.1) is 46.4 Å². The summed E-state index contributed by atoms with van der Waals surface area (Å²) in [5.41, 5.74) is 12.5. The number of nitrogens with one attached hydrogen (secondary N) is 4. The molecule has 0 aliphatic carbocycles. The Hall–Kier alpha value is -8.00. The van der Waals surface area contributed by atoms with E-state index in [2.05, 4.69) is 26.3 Å². The summed E-state index contributed by atoms with van der Waals surface area (Å²) in [6, 6.07) is 29.6. The first-order valence-electron chi connectivity index (χ1n) is 27.5. The summed E-state index contributed by atoms with van der Waals surface area (Å²) in [5.74, 6) is -2.55. The lowest BCUT2D eigenvalue weighted by Crippen LogP contribution is -2.55. The van der Waals surface area contributed by atoms with Crippen LogP contribution in [0, 0.1) is 12.8 Å². The molecule has 0 unspecified atom stereocenters. The minimum atomic E-state index is -0.988. The first-order valence-corrected chi connectivity index (χ1v) is 28.3. The van der Waals surface area contributed by atoms with Crippen LogP contribution in [0.25, 0.3) is 21.2 Å². The topological polar surface area (TPSA) is 246 Å². The summed E-state index contributed by atoms with van der Waals surface area (Å²) in [6.45, 7) is 6.74. The largest absolute Gasteiger partial charge is 0.491 e. The monoisotopic (exact) mass is 1100 g/mol. The number of anilines is 1. The SMILES string of the molecule is Cc1ncsc1-c1ccc(CNC(=O)[C@@H]2C[C@@H](O)CN2C(=O)[C@H](C(C)C)N2Cc3ccccc3C2=O)c(OCCNC(=O)c2ccccc2NC(=O)[C@H](CCCCN)NC(=O)[C@@H]2CCCN2C(=O)Cc2cccc3ccccc23)c1. The molecule has 0 spiro atoms. The van der Waals surface area contributed by atoms with E-state index in [9.17, 15) is 38.7 Å². The number of nitrogens with zero attached hydrogens (tertiary/aromatic N) is 4. The summed E-state index contributed by atoms with van der Waals surface area (Å²) < 4.78 is 6.34. The number of benzene rings is 5. The van der Waals surface area contributed by atoms with Crippen molar-refractivity contribution in [3.8, 4) is 16.2 Å². The maximum atomic E-state index is 14.4. The van der Waals surface area contributed by atoms with Crippen LogP contribution in [0.5, 0.6) is 5.75 Å². The highest BCUT2D eigenvalue weighted by molar-refractivity contribution is 7.13. The van der Waals surface area contributed by atoms with Crippen LogP contribution in [0.1, 0.15) is 95.5 Å². The third-order valence-electron chi connectivity index (χ3n) is 15.2. The van der Waals surface area contributed by atoms with Gasteiger partial charge in [-0.05, 0) is 103 Å². The molecular formula is C61H69N9O9S. The number of fused-ring (bicyclic) bond motifs is 2. The highest BCUT2D eigenvalue weighted by atomic mass is 32.1. The molecular weight excluding hydrogens is 1030 g/mol. The van der Waals surface area contributed by atoms with Crippen molar-refractivity contribution in [2.45, 2.75) is 109 Å². The standard InChI is InChI=1S/C61H69N9O9S/c1-37(2)54(70-34-43-15-5-7-19-46(43)60(70)77)61(78)69-35-44(71)32-51(69)58(75)64-33-42-25-24-41(55-38(3)65-36-80-55)30-52(42)79-29-27-63-56(73)47-20-8-9-21-48(47)66-57(74)49(22-10-11-26-62)67-59(76)50-23-13-28-68(50)53(72)31-40-17-12-16-39-14-4-6-18-45(39)40/h4-9,12,14-21,24-25,30,36-37,44,49-51,54,71H,10-11,13,22-23,26-29,31-35,62H2,1-3H3,(H,63,73)(H,64,75)(H,66,74)(H,67,76)/t44-,49+,50+,51+,54+/m1/s1. The second-order valence-corrected chi connectivity index (χ2v) is 21.9. The minimum Gasteiger partial charge on any atom is -0.491 e. The molecule has 1 aromatic heterocycles. The van der Waals surface area contributed by atoms with Gasteiger partial charge in [-0.2, -0.15) is 0 Å². The fourth-order valence-corrected chi connectivity index (χ4v) is 11.9. The van der Waals surface area contributed by atoms with E-state index in [1.165, 1.54) is 16.2 Å². The predicted octanol–water partition coefficient (Wildman–Crippen LogP) is 6.13. The predicted molar refractivity (Wildman–Crippen MR) is 305 cm³/mol. The molecule has 7 amide bonds. The maximum Gasteiger partial charge on any atom is 0.255 e. The van der Waals surface area contributed by atoms with E-state index in [0.29, 0.717) is 55.6 Å². The molecule has 5 atom stereocenters. The first-order chi connectivity index (χ1) is 38.7. The molecule has 80 heavy (non-hydrogen) atoms. The van der Waals surface area contributed by atoms with Gasteiger partial charge in [0.1, 0.15) is 36.5 Å². The van der Waals surface area contributed by atoms with Crippen molar-refractivity contribution in [2.24, 2.45) is 11.7 Å². The Labute approximate surface area is 469 Å². The molecule has 3 aliphatic rings. The molecule has 418 valence electrons. The number of aliphatic hydroxyl groups is 1. The number of β-amino-alcohol motifs (C(OH)–C–C–N with tert-alkyl or cyclic N) is 1. The molecule has 0 bridgehead atoms. The molecule has 3 aliphatic heterocycles. The number of rotatable bonds is 22. The normalized spacial score (nSPS) is 17.6. The summed E-state index contributed by atoms with van der Waals surface area (Å²) in [4.78, 5) is 108. The highest BCUT2D eigenvalue weighted by Crippen LogP contribution is 2.34. The van der Waals surface area contributed by atoms with Crippen molar-refractivity contribution in [2.75, 3.05) is 38.1 Å². The average Bonchev–Trinajstić information content (AvgIpc) is 4.29. The van der Waals surface area contributed by atoms with E-state index in [-0.39, 0.29) is 81.0 Å². The van der Waals surface area contributed by atoms with Crippen LogP contribution in [0.4, 0.5) is 5.69 Å². The van der Waals surface area contributed by atoms with Crippen LogP contribution in [-0.4, -0.2) is 129 Å². The molecule has 7 N–H and O–H groups in total. The lowest BCUT2D eigenvalue weighted by Gasteiger charge is -2.35. The van der Waals surface area contributed by atoms with Crippen molar-refractivity contribution < 1.29 is 43.4 Å². The lowest BCUT2D eigenvalue weighted by molar-refractivity contribution is -0.143. The summed E-state index contributed by atoms with van der Waals surface area (Å²) in [6.07, 6.45) is 1.78. The zero-order valence-electron chi connectivity index (χ0n) is 45.3. The third-order valence-corrected chi connectivity index (χ3v) is 16.2. The van der Waals surface area contributed by atoms with E-state index in [1.54, 1.807) is 51.7 Å². The number of amides is 7. The molecule has 18 nitrogen and oxygen atoms in total. The molecule has 0 radical (unpaired) electrons. The van der Waals surface area contributed by atoms with Gasteiger partial charge in [0.25, 0.3) is 11.8 Å². The summed E-state index contributed by atoms with van der Waals surface area (Å²) in [5, 5.41) is 24.5. The number of likely N-dealkylation sites (tertiary alicyclic amines) is 2. The fraction of sp³-hybridized carbons (Fsp3) is 0.377. The van der Waals surface area contributed by atoms with Gasteiger partial charge in [-0.1, -0.05) is 98.8 Å². The zero-order chi connectivity index (χ0) is 56.5. The highest BCUT2D eigenvalue weighted by Gasteiger charge is 2.46. The minimum absolute atomic E-state index is 0.00824. The summed E-state index contributed by atoms with van der Waals surface area (Å²) >= 11 is 1.47. The third kappa shape index (κ3) is 12.9. The Kier molecular flexibility index (Phi) is 18.3. The van der Waals surface area contributed by atoms with Crippen molar-refractivity contribution in [3.05, 3.63) is 148 Å². The second kappa shape index (κ2) is 25.9. The number of ether oxygens (including phenoxy) is 1. The number of unbranched alkanes of at least 4 members (excludes halogenated alkanes) is 1. The molecule has 6 aromatic rings. The first kappa shape index (κ1) is 56.7. The molecule has 19 heteroatoms. The van der Waals surface area contributed by atoms with Crippen molar-refractivity contribution in [1.29, 1.82) is 0 Å². The molecule has 5 aromatic carbocycles.